The summed E-state index contributed by atoms with van der Waals surface area (Å²) in [4.78, 5) is 12.2. The third kappa shape index (κ3) is 4.73. The van der Waals surface area contributed by atoms with E-state index in [2.05, 4.69) is 0 Å². The summed E-state index contributed by atoms with van der Waals surface area (Å²) in [6, 6.07) is 14.1. The number of hydrogen-bond donors (Lipinski definition) is 1. The first kappa shape index (κ1) is 23.7. The third-order valence-electron chi connectivity index (χ3n) is 5.51. The van der Waals surface area contributed by atoms with Gasteiger partial charge in [-0.15, -0.1) is 0 Å². The Labute approximate surface area is 195 Å². The highest BCUT2D eigenvalue weighted by molar-refractivity contribution is 7.89. The van der Waals surface area contributed by atoms with Gasteiger partial charge >= 0.3 is 6.61 Å². The van der Waals surface area contributed by atoms with Crippen molar-refractivity contribution in [1.82, 2.24) is 0 Å². The van der Waals surface area contributed by atoms with Crippen molar-refractivity contribution in [2.24, 2.45) is 5.14 Å². The summed E-state index contributed by atoms with van der Waals surface area (Å²) >= 11 is 0. The first-order chi connectivity index (χ1) is 16.2. The molecule has 0 unspecified atom stereocenters. The van der Waals surface area contributed by atoms with Gasteiger partial charge in [0.05, 0.1) is 12.0 Å². The maximum atomic E-state index is 13.3. The smallest absolute Gasteiger partial charge is 0.387 e. The van der Waals surface area contributed by atoms with Crippen LogP contribution in [0.4, 0.5) is 8.78 Å². The van der Waals surface area contributed by atoms with Gasteiger partial charge in [-0.2, -0.15) is 8.78 Å². The number of sulfonamides is 1. The van der Waals surface area contributed by atoms with E-state index >= 15 is 0 Å². The molecule has 3 aromatic carbocycles. The van der Waals surface area contributed by atoms with Crippen LogP contribution in [-0.4, -0.2) is 27.9 Å². The molecule has 178 valence electrons. The third-order valence-corrected chi connectivity index (χ3v) is 6.44. The fourth-order valence-electron chi connectivity index (χ4n) is 3.94. The molecule has 0 heterocycles. The molecular formula is C24H21F2NO6S. The van der Waals surface area contributed by atoms with E-state index in [4.69, 9.17) is 19.3 Å². The van der Waals surface area contributed by atoms with Crippen molar-refractivity contribution in [2.45, 2.75) is 31.0 Å². The van der Waals surface area contributed by atoms with Crippen LogP contribution in [0, 0.1) is 0 Å². The van der Waals surface area contributed by atoms with E-state index < -0.39 is 16.6 Å². The molecule has 0 radical (unpaired) electrons. The van der Waals surface area contributed by atoms with Crippen molar-refractivity contribution in [3.05, 3.63) is 71.3 Å². The minimum Gasteiger partial charge on any atom is -0.493 e. The number of carbonyl (C=O) groups excluding carboxylic acids is 1. The fraction of sp³-hybridized carbons (Fsp3) is 0.208. The number of nitrogens with two attached hydrogens (primary N) is 1. The summed E-state index contributed by atoms with van der Waals surface area (Å²) in [6.45, 7) is -3.22. The molecule has 0 amide bonds. The lowest BCUT2D eigenvalue weighted by Crippen LogP contribution is -2.12. The summed E-state index contributed by atoms with van der Waals surface area (Å²) < 4.78 is 65.5. The van der Waals surface area contributed by atoms with E-state index in [1.807, 2.05) is 0 Å². The number of rotatable bonds is 8. The maximum Gasteiger partial charge on any atom is 0.387 e. The van der Waals surface area contributed by atoms with Crippen molar-refractivity contribution in [1.29, 1.82) is 0 Å². The highest BCUT2D eigenvalue weighted by Crippen LogP contribution is 2.47. The molecule has 10 heteroatoms. The molecule has 7 nitrogen and oxygen atoms in total. The van der Waals surface area contributed by atoms with Crippen LogP contribution < -0.4 is 19.3 Å². The Morgan fingerprint density at radius 1 is 0.941 bits per heavy atom. The highest BCUT2D eigenvalue weighted by Gasteiger charge is 2.27. The summed E-state index contributed by atoms with van der Waals surface area (Å²) in [7, 11) is -2.54. The number of ketones is 1. The Balaban J connectivity index is 1.79. The molecule has 0 atom stereocenters. The molecule has 4 rings (SSSR count). The van der Waals surface area contributed by atoms with Gasteiger partial charge < -0.3 is 14.2 Å². The van der Waals surface area contributed by atoms with Gasteiger partial charge in [-0.25, -0.2) is 13.6 Å². The van der Waals surface area contributed by atoms with Crippen molar-refractivity contribution in [3.8, 4) is 28.4 Å². The lowest BCUT2D eigenvalue weighted by atomic mass is 9.95. The zero-order valence-electron chi connectivity index (χ0n) is 18.1. The van der Waals surface area contributed by atoms with Gasteiger partial charge in [-0.3, -0.25) is 4.79 Å². The van der Waals surface area contributed by atoms with Crippen LogP contribution in [-0.2, 0) is 23.1 Å². The average molecular weight is 489 g/mol. The number of Topliss-reactive ketones (excluding diaryl/α,β-unsaturated/α-hetero) is 1. The topological polar surface area (TPSA) is 105 Å². The zero-order chi connectivity index (χ0) is 24.5. The van der Waals surface area contributed by atoms with Crippen LogP contribution in [0.2, 0.25) is 0 Å². The van der Waals surface area contributed by atoms with Gasteiger partial charge in [0.25, 0.3) is 0 Å². The standard InChI is InChI=1S/C24H21F2NO6S/c1-31-21-12-10-19(16-3-2-4-18-17(16)9-11-20(18)28)22(23(21)33-24(25)26)32-13-14-5-7-15(8-6-14)34(27,29)30/h2-8,10,12,24H,9,11,13H2,1H3,(H2,27,29,30). The monoisotopic (exact) mass is 489 g/mol. The molecule has 0 saturated carbocycles. The number of halogens is 2. The van der Waals surface area contributed by atoms with Gasteiger partial charge in [-0.1, -0.05) is 30.3 Å². The Morgan fingerprint density at radius 3 is 2.29 bits per heavy atom. The van der Waals surface area contributed by atoms with E-state index in [0.29, 0.717) is 35.1 Å². The van der Waals surface area contributed by atoms with Crippen molar-refractivity contribution < 1.29 is 36.2 Å². The van der Waals surface area contributed by atoms with Gasteiger partial charge in [0.2, 0.25) is 15.8 Å². The number of benzene rings is 3. The Kier molecular flexibility index (Phi) is 6.54. The second-order valence-corrected chi connectivity index (χ2v) is 9.15. The normalized spacial score (nSPS) is 13.1. The first-order valence-electron chi connectivity index (χ1n) is 10.2. The zero-order valence-corrected chi connectivity index (χ0v) is 18.9. The van der Waals surface area contributed by atoms with E-state index in [9.17, 15) is 22.0 Å². The van der Waals surface area contributed by atoms with Crippen LogP contribution in [0.25, 0.3) is 11.1 Å². The highest BCUT2D eigenvalue weighted by atomic mass is 32.2. The molecular weight excluding hydrogens is 468 g/mol. The van der Waals surface area contributed by atoms with E-state index in [0.717, 1.165) is 5.56 Å². The number of methoxy groups -OCH3 is 1. The fourth-order valence-corrected chi connectivity index (χ4v) is 4.45. The van der Waals surface area contributed by atoms with Crippen LogP contribution in [0.3, 0.4) is 0 Å². The van der Waals surface area contributed by atoms with Gasteiger partial charge in [0, 0.05) is 17.5 Å². The molecule has 34 heavy (non-hydrogen) atoms. The predicted molar refractivity (Wildman–Crippen MR) is 120 cm³/mol. The molecule has 3 aromatic rings. The van der Waals surface area contributed by atoms with Gasteiger partial charge in [-0.05, 0) is 47.4 Å². The molecule has 0 saturated heterocycles. The minimum atomic E-state index is -3.86. The van der Waals surface area contributed by atoms with E-state index in [-0.39, 0.29) is 34.5 Å². The van der Waals surface area contributed by atoms with Crippen LogP contribution >= 0.6 is 0 Å². The number of primary sulfonamides is 1. The average Bonchev–Trinajstić information content (AvgIpc) is 3.18. The summed E-state index contributed by atoms with van der Waals surface area (Å²) in [5, 5.41) is 5.12. The molecule has 1 aliphatic rings. The summed E-state index contributed by atoms with van der Waals surface area (Å²) in [5.41, 5.74) is 3.10. The van der Waals surface area contributed by atoms with E-state index in [1.165, 1.54) is 37.4 Å². The molecule has 0 aliphatic heterocycles. The largest absolute Gasteiger partial charge is 0.493 e. The van der Waals surface area contributed by atoms with E-state index in [1.54, 1.807) is 24.3 Å². The molecule has 0 bridgehead atoms. The minimum absolute atomic E-state index is 0.0166. The van der Waals surface area contributed by atoms with Gasteiger partial charge in [0.1, 0.15) is 6.61 Å². The number of alkyl halides is 2. The Morgan fingerprint density at radius 2 is 1.65 bits per heavy atom. The SMILES string of the molecule is COc1ccc(-c2cccc3c2CCC3=O)c(OCc2ccc(S(N)(=O)=O)cc2)c1OC(F)F. The Bertz CT molecular complexity index is 1340. The Hall–Kier alpha value is -3.50. The van der Waals surface area contributed by atoms with Crippen LogP contribution in [0.5, 0.6) is 17.2 Å². The summed E-state index contributed by atoms with van der Waals surface area (Å²) in [5.74, 6) is -0.194. The molecule has 0 spiro atoms. The predicted octanol–water partition coefficient (Wildman–Crippen LogP) is 4.32. The lowest BCUT2D eigenvalue weighted by Gasteiger charge is -2.20. The number of hydrogen-bond acceptors (Lipinski definition) is 6. The second-order valence-electron chi connectivity index (χ2n) is 7.58. The molecule has 1 aliphatic carbocycles. The van der Waals surface area contributed by atoms with Crippen molar-refractivity contribution in [2.75, 3.05) is 7.11 Å². The molecule has 0 aromatic heterocycles. The van der Waals surface area contributed by atoms with Crippen LogP contribution in [0.15, 0.2) is 59.5 Å². The molecule has 2 N–H and O–H groups in total. The quantitative estimate of drug-likeness (QED) is 0.505. The van der Waals surface area contributed by atoms with Crippen molar-refractivity contribution in [3.63, 3.8) is 0 Å². The first-order valence-corrected chi connectivity index (χ1v) is 11.8. The van der Waals surface area contributed by atoms with Crippen molar-refractivity contribution >= 4 is 15.8 Å². The summed E-state index contributed by atoms with van der Waals surface area (Å²) in [6.07, 6.45) is 0.894. The van der Waals surface area contributed by atoms with Crippen LogP contribution in [0.1, 0.15) is 27.9 Å². The maximum absolute atomic E-state index is 13.3. The lowest BCUT2D eigenvalue weighted by molar-refractivity contribution is -0.0529. The second kappa shape index (κ2) is 9.40. The number of fused-ring (bicyclic) bond motifs is 1. The number of carbonyl (C=O) groups is 1. The van der Waals surface area contributed by atoms with Gasteiger partial charge in [0.15, 0.2) is 17.3 Å². The molecule has 0 fully saturated rings. The number of ether oxygens (including phenoxy) is 3.